The van der Waals surface area contributed by atoms with Crippen molar-refractivity contribution < 1.29 is 4.79 Å². The molecular formula is C16H19N3OS. The van der Waals surface area contributed by atoms with Crippen LogP contribution in [-0.4, -0.2) is 28.0 Å². The summed E-state index contributed by atoms with van der Waals surface area (Å²) in [6.07, 6.45) is 3.90. The first-order valence-corrected chi connectivity index (χ1v) is 8.08. The number of hydrogen-bond acceptors (Lipinski definition) is 3. The highest BCUT2D eigenvalue weighted by atomic mass is 32.1. The lowest BCUT2D eigenvalue weighted by Gasteiger charge is -2.21. The molecule has 0 bridgehead atoms. The van der Waals surface area contributed by atoms with Crippen LogP contribution in [0.25, 0.3) is 0 Å². The van der Waals surface area contributed by atoms with Crippen molar-refractivity contribution in [1.29, 1.82) is 0 Å². The first-order valence-electron chi connectivity index (χ1n) is 7.21. The molecule has 5 heteroatoms. The fourth-order valence-corrected chi connectivity index (χ4v) is 3.45. The summed E-state index contributed by atoms with van der Waals surface area (Å²) < 4.78 is 1.89. The monoisotopic (exact) mass is 301 g/mol. The molecule has 2 aromatic rings. The van der Waals surface area contributed by atoms with Gasteiger partial charge in [-0.05, 0) is 24.9 Å². The van der Waals surface area contributed by atoms with E-state index in [0.29, 0.717) is 0 Å². The Balaban J connectivity index is 1.75. The maximum Gasteiger partial charge on any atom is 0.265 e. The number of aromatic nitrogens is 1. The summed E-state index contributed by atoms with van der Waals surface area (Å²) in [7, 11) is 1.92. The lowest BCUT2D eigenvalue weighted by Crippen LogP contribution is -2.35. The molecule has 0 saturated carbocycles. The number of aryl methyl sites for hydroxylation is 1. The zero-order chi connectivity index (χ0) is 14.7. The van der Waals surface area contributed by atoms with Crippen molar-refractivity contribution in [2.24, 2.45) is 12.0 Å². The van der Waals surface area contributed by atoms with Gasteiger partial charge in [0.2, 0.25) is 0 Å². The van der Waals surface area contributed by atoms with Gasteiger partial charge in [-0.15, -0.1) is 11.3 Å². The standard InChI is InChI=1S/C16H19N3OS/c1-18-10-11-21-16(18)17-15(20)14-8-5-9-19(14)12-13-6-3-2-4-7-13/h2-4,6-7,10-11,14H,5,8-9,12H2,1H3. The smallest absolute Gasteiger partial charge is 0.265 e. The zero-order valence-corrected chi connectivity index (χ0v) is 12.9. The molecule has 1 unspecified atom stereocenters. The Kier molecular flexibility index (Phi) is 4.31. The Labute approximate surface area is 128 Å². The number of rotatable bonds is 3. The number of carbonyl (C=O) groups excluding carboxylic acids is 1. The summed E-state index contributed by atoms with van der Waals surface area (Å²) in [4.78, 5) is 19.8. The number of thiazole rings is 1. The van der Waals surface area contributed by atoms with Crippen LogP contribution in [0, 0.1) is 0 Å². The van der Waals surface area contributed by atoms with Gasteiger partial charge >= 0.3 is 0 Å². The van der Waals surface area contributed by atoms with Gasteiger partial charge in [0, 0.05) is 25.2 Å². The topological polar surface area (TPSA) is 37.6 Å². The third kappa shape index (κ3) is 3.31. The van der Waals surface area contributed by atoms with Crippen LogP contribution in [0.2, 0.25) is 0 Å². The number of carbonyl (C=O) groups is 1. The van der Waals surface area contributed by atoms with Crippen LogP contribution in [0.3, 0.4) is 0 Å². The predicted octanol–water partition coefficient (Wildman–Crippen LogP) is 2.18. The summed E-state index contributed by atoms with van der Waals surface area (Å²) in [6, 6.07) is 10.2. The molecule has 3 rings (SSSR count). The van der Waals surface area contributed by atoms with E-state index in [1.165, 1.54) is 16.9 Å². The maximum atomic E-state index is 12.5. The van der Waals surface area contributed by atoms with Crippen molar-refractivity contribution in [1.82, 2.24) is 9.47 Å². The van der Waals surface area contributed by atoms with Crippen molar-refractivity contribution in [3.63, 3.8) is 0 Å². The minimum Gasteiger partial charge on any atom is -0.327 e. The van der Waals surface area contributed by atoms with Gasteiger partial charge in [0.25, 0.3) is 5.91 Å². The molecule has 110 valence electrons. The molecule has 21 heavy (non-hydrogen) atoms. The van der Waals surface area contributed by atoms with E-state index in [-0.39, 0.29) is 11.9 Å². The van der Waals surface area contributed by atoms with Gasteiger partial charge < -0.3 is 4.57 Å². The van der Waals surface area contributed by atoms with Crippen LogP contribution in [0.15, 0.2) is 46.9 Å². The largest absolute Gasteiger partial charge is 0.327 e. The van der Waals surface area contributed by atoms with E-state index in [1.807, 2.05) is 41.4 Å². The highest BCUT2D eigenvalue weighted by molar-refractivity contribution is 7.07. The molecule has 4 nitrogen and oxygen atoms in total. The summed E-state index contributed by atoms with van der Waals surface area (Å²) >= 11 is 1.50. The van der Waals surface area contributed by atoms with Gasteiger partial charge in [-0.2, -0.15) is 4.99 Å². The van der Waals surface area contributed by atoms with Crippen LogP contribution >= 0.6 is 11.3 Å². The van der Waals surface area contributed by atoms with E-state index >= 15 is 0 Å². The third-order valence-electron chi connectivity index (χ3n) is 3.84. The molecule has 1 aromatic heterocycles. The van der Waals surface area contributed by atoms with Crippen molar-refractivity contribution in [3.05, 3.63) is 52.3 Å². The van der Waals surface area contributed by atoms with E-state index < -0.39 is 0 Å². The molecule has 1 atom stereocenters. The Morgan fingerprint density at radius 2 is 2.19 bits per heavy atom. The fourth-order valence-electron chi connectivity index (χ4n) is 2.72. The van der Waals surface area contributed by atoms with Crippen LogP contribution in [0.5, 0.6) is 0 Å². The van der Waals surface area contributed by atoms with Crippen LogP contribution in [0.4, 0.5) is 0 Å². The molecule has 0 N–H and O–H groups in total. The van der Waals surface area contributed by atoms with Gasteiger partial charge in [0.05, 0.1) is 6.04 Å². The molecule has 1 aliphatic rings. The first-order chi connectivity index (χ1) is 10.2. The molecule has 1 aliphatic heterocycles. The predicted molar refractivity (Wildman–Crippen MR) is 83.7 cm³/mol. The van der Waals surface area contributed by atoms with Gasteiger partial charge in [0.15, 0.2) is 4.80 Å². The molecule has 0 aliphatic carbocycles. The number of nitrogens with zero attached hydrogens (tertiary/aromatic N) is 3. The van der Waals surface area contributed by atoms with Gasteiger partial charge in [0.1, 0.15) is 0 Å². The summed E-state index contributed by atoms with van der Waals surface area (Å²) in [6.45, 7) is 1.79. The van der Waals surface area contributed by atoms with E-state index in [2.05, 4.69) is 22.0 Å². The second-order valence-corrected chi connectivity index (χ2v) is 6.23. The van der Waals surface area contributed by atoms with E-state index in [1.54, 1.807) is 0 Å². The Morgan fingerprint density at radius 3 is 2.90 bits per heavy atom. The molecule has 2 heterocycles. The Morgan fingerprint density at radius 1 is 1.38 bits per heavy atom. The normalized spacial score (nSPS) is 20.0. The number of hydrogen-bond donors (Lipinski definition) is 0. The van der Waals surface area contributed by atoms with Gasteiger partial charge in [-0.3, -0.25) is 9.69 Å². The molecule has 1 saturated heterocycles. The zero-order valence-electron chi connectivity index (χ0n) is 12.1. The number of likely N-dealkylation sites (tertiary alicyclic amines) is 1. The van der Waals surface area contributed by atoms with Gasteiger partial charge in [-0.1, -0.05) is 30.3 Å². The average molecular weight is 301 g/mol. The second kappa shape index (κ2) is 6.37. The van der Waals surface area contributed by atoms with Crippen LogP contribution in [-0.2, 0) is 18.4 Å². The van der Waals surface area contributed by atoms with Crippen molar-refractivity contribution >= 4 is 17.2 Å². The van der Waals surface area contributed by atoms with E-state index in [4.69, 9.17) is 0 Å². The lowest BCUT2D eigenvalue weighted by molar-refractivity contribution is -0.122. The van der Waals surface area contributed by atoms with Crippen molar-refractivity contribution in [3.8, 4) is 0 Å². The van der Waals surface area contributed by atoms with Crippen LogP contribution in [0.1, 0.15) is 18.4 Å². The SMILES string of the molecule is Cn1ccsc1=NC(=O)C1CCCN1Cc1ccccc1. The van der Waals surface area contributed by atoms with E-state index in [9.17, 15) is 4.79 Å². The summed E-state index contributed by atoms with van der Waals surface area (Å²) in [5, 5.41) is 1.95. The molecule has 1 amide bonds. The highest BCUT2D eigenvalue weighted by Gasteiger charge is 2.30. The lowest BCUT2D eigenvalue weighted by atomic mass is 10.2. The van der Waals surface area contributed by atoms with E-state index in [0.717, 1.165) is 30.7 Å². The third-order valence-corrected chi connectivity index (χ3v) is 4.69. The minimum absolute atomic E-state index is 0.0125. The molecule has 1 aromatic carbocycles. The molecule has 1 fully saturated rings. The number of benzene rings is 1. The number of amides is 1. The molecule has 0 radical (unpaired) electrons. The first kappa shape index (κ1) is 14.2. The highest BCUT2D eigenvalue weighted by Crippen LogP contribution is 2.21. The average Bonchev–Trinajstić information content (AvgIpc) is 3.10. The summed E-state index contributed by atoms with van der Waals surface area (Å²) in [5.41, 5.74) is 1.25. The van der Waals surface area contributed by atoms with Crippen molar-refractivity contribution in [2.75, 3.05) is 6.54 Å². The Bertz CT molecular complexity index is 674. The maximum absolute atomic E-state index is 12.5. The quantitative estimate of drug-likeness (QED) is 0.871. The fraction of sp³-hybridized carbons (Fsp3) is 0.375. The Hall–Kier alpha value is -1.72. The molecule has 0 spiro atoms. The van der Waals surface area contributed by atoms with Crippen LogP contribution < -0.4 is 4.80 Å². The molecular weight excluding hydrogens is 282 g/mol. The minimum atomic E-state index is -0.0766. The summed E-state index contributed by atoms with van der Waals surface area (Å²) in [5.74, 6) is -0.0125. The van der Waals surface area contributed by atoms with Crippen molar-refractivity contribution in [2.45, 2.75) is 25.4 Å². The second-order valence-electron chi connectivity index (χ2n) is 5.36. The van der Waals surface area contributed by atoms with Gasteiger partial charge in [-0.25, -0.2) is 0 Å².